The SMILES string of the molecule is C[C@H](OCC(F)(F)F)C(=O)NC1[C@H]2CCCC[C@H]12. The van der Waals surface area contributed by atoms with Crippen molar-refractivity contribution >= 4 is 5.91 Å². The van der Waals surface area contributed by atoms with Gasteiger partial charge in [0.25, 0.3) is 0 Å². The number of ether oxygens (including phenoxy) is 1. The summed E-state index contributed by atoms with van der Waals surface area (Å²) in [5.41, 5.74) is 0. The first-order valence-electron chi connectivity index (χ1n) is 6.37. The average Bonchev–Trinajstić information content (AvgIpc) is 2.99. The molecular weight excluding hydrogens is 247 g/mol. The van der Waals surface area contributed by atoms with Gasteiger partial charge in [-0.2, -0.15) is 13.2 Å². The first-order chi connectivity index (χ1) is 8.38. The molecule has 1 N–H and O–H groups in total. The van der Waals surface area contributed by atoms with Crippen molar-refractivity contribution in [2.24, 2.45) is 11.8 Å². The Labute approximate surface area is 104 Å². The van der Waals surface area contributed by atoms with Crippen molar-refractivity contribution in [2.45, 2.75) is 50.9 Å². The smallest absolute Gasteiger partial charge is 0.359 e. The molecule has 3 nitrogen and oxygen atoms in total. The molecule has 0 aromatic heterocycles. The van der Waals surface area contributed by atoms with Crippen LogP contribution in [0.15, 0.2) is 0 Å². The molecule has 0 saturated heterocycles. The summed E-state index contributed by atoms with van der Waals surface area (Å²) in [6.07, 6.45) is -0.821. The zero-order valence-corrected chi connectivity index (χ0v) is 10.3. The maximum Gasteiger partial charge on any atom is 0.411 e. The lowest BCUT2D eigenvalue weighted by Crippen LogP contribution is -2.38. The predicted molar refractivity (Wildman–Crippen MR) is 58.8 cm³/mol. The van der Waals surface area contributed by atoms with Gasteiger partial charge < -0.3 is 10.1 Å². The zero-order chi connectivity index (χ0) is 13.3. The standard InChI is InChI=1S/C12H18F3NO2/c1-7(18-6-12(13,14)15)11(17)16-10-8-4-2-3-5-9(8)10/h7-10H,2-6H2,1H3,(H,16,17)/t7-,8-,9-/m0/s1. The van der Waals surface area contributed by atoms with Crippen LogP contribution in [-0.2, 0) is 9.53 Å². The number of carbonyl (C=O) groups excluding carboxylic acids is 1. The molecule has 2 saturated carbocycles. The van der Waals surface area contributed by atoms with Crippen molar-refractivity contribution in [1.29, 1.82) is 0 Å². The zero-order valence-electron chi connectivity index (χ0n) is 10.3. The largest absolute Gasteiger partial charge is 0.411 e. The molecule has 2 rings (SSSR count). The fourth-order valence-corrected chi connectivity index (χ4v) is 2.78. The first kappa shape index (κ1) is 13.6. The molecule has 104 valence electrons. The van der Waals surface area contributed by atoms with Crippen molar-refractivity contribution in [2.75, 3.05) is 6.61 Å². The summed E-state index contributed by atoms with van der Waals surface area (Å²) < 4.78 is 40.3. The summed E-state index contributed by atoms with van der Waals surface area (Å²) in [5.74, 6) is 0.647. The van der Waals surface area contributed by atoms with Gasteiger partial charge >= 0.3 is 6.18 Å². The molecule has 3 atom stereocenters. The second-order valence-corrected chi connectivity index (χ2v) is 5.21. The van der Waals surface area contributed by atoms with Crippen molar-refractivity contribution < 1.29 is 22.7 Å². The van der Waals surface area contributed by atoms with Crippen molar-refractivity contribution in [3.8, 4) is 0 Å². The third kappa shape index (κ3) is 3.37. The highest BCUT2D eigenvalue weighted by Gasteiger charge is 2.51. The van der Waals surface area contributed by atoms with Crippen molar-refractivity contribution in [3.63, 3.8) is 0 Å². The molecule has 0 aromatic carbocycles. The summed E-state index contributed by atoms with van der Waals surface area (Å²) in [5, 5.41) is 2.80. The van der Waals surface area contributed by atoms with Crippen LogP contribution in [-0.4, -0.2) is 30.8 Å². The van der Waals surface area contributed by atoms with Crippen LogP contribution in [0.4, 0.5) is 13.2 Å². The topological polar surface area (TPSA) is 38.3 Å². The summed E-state index contributed by atoms with van der Waals surface area (Å²) >= 11 is 0. The van der Waals surface area contributed by atoms with E-state index in [1.807, 2.05) is 0 Å². The van der Waals surface area contributed by atoms with Gasteiger partial charge in [-0.25, -0.2) is 0 Å². The highest BCUT2D eigenvalue weighted by molar-refractivity contribution is 5.81. The van der Waals surface area contributed by atoms with E-state index in [0.29, 0.717) is 11.8 Å². The quantitative estimate of drug-likeness (QED) is 0.846. The van der Waals surface area contributed by atoms with Crippen LogP contribution >= 0.6 is 0 Å². The van der Waals surface area contributed by atoms with E-state index in [2.05, 4.69) is 10.1 Å². The van der Waals surface area contributed by atoms with Crippen LogP contribution in [0.2, 0.25) is 0 Å². The number of rotatable bonds is 4. The van der Waals surface area contributed by atoms with Gasteiger partial charge in [0, 0.05) is 6.04 Å². The molecule has 0 spiro atoms. The molecule has 18 heavy (non-hydrogen) atoms. The number of nitrogens with one attached hydrogen (secondary N) is 1. The van der Waals surface area contributed by atoms with Crippen LogP contribution in [0.1, 0.15) is 32.6 Å². The van der Waals surface area contributed by atoms with Gasteiger partial charge in [0.1, 0.15) is 12.7 Å². The molecule has 0 bridgehead atoms. The van der Waals surface area contributed by atoms with Gasteiger partial charge in [-0.15, -0.1) is 0 Å². The lowest BCUT2D eigenvalue weighted by Gasteiger charge is -2.14. The Morgan fingerprint density at radius 1 is 1.33 bits per heavy atom. The molecule has 0 heterocycles. The predicted octanol–water partition coefficient (Wildman–Crippen LogP) is 2.26. The lowest BCUT2D eigenvalue weighted by molar-refractivity contribution is -0.185. The van der Waals surface area contributed by atoms with Gasteiger partial charge in [0.2, 0.25) is 5.91 Å². The Balaban J connectivity index is 1.71. The highest BCUT2D eigenvalue weighted by atomic mass is 19.4. The Kier molecular flexibility index (Phi) is 3.84. The van der Waals surface area contributed by atoms with E-state index >= 15 is 0 Å². The van der Waals surface area contributed by atoms with Crippen LogP contribution in [0.25, 0.3) is 0 Å². The second kappa shape index (κ2) is 5.07. The van der Waals surface area contributed by atoms with Gasteiger partial charge in [-0.05, 0) is 31.6 Å². The number of hydrogen-bond acceptors (Lipinski definition) is 2. The summed E-state index contributed by atoms with van der Waals surface area (Å²) in [7, 11) is 0. The molecule has 1 amide bonds. The van der Waals surface area contributed by atoms with E-state index in [-0.39, 0.29) is 6.04 Å². The van der Waals surface area contributed by atoms with Gasteiger partial charge in [-0.3, -0.25) is 4.79 Å². The molecule has 0 unspecified atom stereocenters. The van der Waals surface area contributed by atoms with E-state index in [4.69, 9.17) is 0 Å². The van der Waals surface area contributed by atoms with Crippen LogP contribution < -0.4 is 5.32 Å². The molecule has 6 heteroatoms. The minimum absolute atomic E-state index is 0.164. The Hall–Kier alpha value is -0.780. The third-order valence-corrected chi connectivity index (χ3v) is 3.83. The van der Waals surface area contributed by atoms with Gasteiger partial charge in [0.05, 0.1) is 0 Å². The number of fused-ring (bicyclic) bond motifs is 1. The summed E-state index contributed by atoms with van der Waals surface area (Å²) in [4.78, 5) is 11.7. The summed E-state index contributed by atoms with van der Waals surface area (Å²) in [6.45, 7) is -0.0216. The van der Waals surface area contributed by atoms with E-state index in [1.54, 1.807) is 0 Å². The van der Waals surface area contributed by atoms with Crippen LogP contribution in [0.5, 0.6) is 0 Å². The molecule has 0 aromatic rings. The number of hydrogen-bond donors (Lipinski definition) is 1. The molecule has 2 aliphatic rings. The molecule has 2 aliphatic carbocycles. The average molecular weight is 265 g/mol. The minimum Gasteiger partial charge on any atom is -0.359 e. The molecule has 0 aliphatic heterocycles. The maximum absolute atomic E-state index is 11.9. The Morgan fingerprint density at radius 2 is 1.89 bits per heavy atom. The maximum atomic E-state index is 11.9. The molecule has 0 radical (unpaired) electrons. The van der Waals surface area contributed by atoms with Crippen LogP contribution in [0.3, 0.4) is 0 Å². The van der Waals surface area contributed by atoms with E-state index in [9.17, 15) is 18.0 Å². The Bertz CT molecular complexity index is 307. The number of halogens is 3. The monoisotopic (exact) mass is 265 g/mol. The van der Waals surface area contributed by atoms with Gasteiger partial charge in [-0.1, -0.05) is 12.8 Å². The van der Waals surface area contributed by atoms with Crippen molar-refractivity contribution in [1.82, 2.24) is 5.32 Å². The molecular formula is C12H18F3NO2. The lowest BCUT2D eigenvalue weighted by atomic mass is 10.0. The molecule has 2 fully saturated rings. The third-order valence-electron chi connectivity index (χ3n) is 3.83. The first-order valence-corrected chi connectivity index (χ1v) is 6.37. The number of alkyl halides is 3. The fourth-order valence-electron chi connectivity index (χ4n) is 2.78. The number of amides is 1. The van der Waals surface area contributed by atoms with E-state index < -0.39 is 24.8 Å². The fraction of sp³-hybridized carbons (Fsp3) is 0.917. The minimum atomic E-state index is -4.39. The van der Waals surface area contributed by atoms with E-state index in [0.717, 1.165) is 12.8 Å². The normalized spacial score (nSPS) is 32.6. The number of carbonyl (C=O) groups is 1. The summed E-state index contributed by atoms with van der Waals surface area (Å²) in [6, 6.07) is 0.164. The van der Waals surface area contributed by atoms with Crippen LogP contribution in [0, 0.1) is 11.8 Å². The Morgan fingerprint density at radius 3 is 2.39 bits per heavy atom. The second-order valence-electron chi connectivity index (χ2n) is 5.21. The highest BCUT2D eigenvalue weighted by Crippen LogP contribution is 2.49. The van der Waals surface area contributed by atoms with E-state index in [1.165, 1.54) is 19.8 Å². The van der Waals surface area contributed by atoms with Crippen molar-refractivity contribution in [3.05, 3.63) is 0 Å². The van der Waals surface area contributed by atoms with Gasteiger partial charge in [0.15, 0.2) is 0 Å².